The Labute approximate surface area is 147 Å². The van der Waals surface area contributed by atoms with Crippen LogP contribution in [-0.2, 0) is 10.0 Å². The number of hydrogen-bond acceptors (Lipinski definition) is 4. The summed E-state index contributed by atoms with van der Waals surface area (Å²) >= 11 is 0. The normalized spacial score (nSPS) is 18.7. The molecule has 1 aromatic carbocycles. The number of carbonyl (C=O) groups is 1. The number of piperidine rings is 1. The minimum atomic E-state index is -3.48. The van der Waals surface area contributed by atoms with E-state index >= 15 is 0 Å². The molecule has 1 unspecified atom stereocenters. The predicted octanol–water partition coefficient (Wildman–Crippen LogP) is 2.75. The maximum Gasteiger partial charge on any atom is 0.257 e. The Kier molecular flexibility index (Phi) is 5.15. The molecule has 1 saturated heterocycles. The highest BCUT2D eigenvalue weighted by molar-refractivity contribution is 7.89. The molecule has 2 heterocycles. The topological polar surface area (TPSA) is 79.4 Å². The standard InChI is InChI=1S/C18H21N3O3S/c1-14-4-3-11-21(13-14)25(23,24)17-8-6-16(7-9-17)20-18(22)15-5-2-10-19-12-15/h2,5-10,12,14H,3-4,11,13H2,1H3,(H,20,22). The van der Waals surface area contributed by atoms with Crippen molar-refractivity contribution in [3.05, 3.63) is 54.4 Å². The summed E-state index contributed by atoms with van der Waals surface area (Å²) in [5.74, 6) is 0.0927. The van der Waals surface area contributed by atoms with Gasteiger partial charge < -0.3 is 5.32 Å². The quantitative estimate of drug-likeness (QED) is 0.910. The number of anilines is 1. The summed E-state index contributed by atoms with van der Waals surface area (Å²) in [6, 6.07) is 9.63. The van der Waals surface area contributed by atoms with E-state index in [2.05, 4.69) is 17.2 Å². The molecule has 0 radical (unpaired) electrons. The fourth-order valence-electron chi connectivity index (χ4n) is 2.92. The van der Waals surface area contributed by atoms with Crippen LogP contribution in [0.5, 0.6) is 0 Å². The van der Waals surface area contributed by atoms with Crippen molar-refractivity contribution in [1.29, 1.82) is 0 Å². The average Bonchev–Trinajstić information content (AvgIpc) is 2.63. The van der Waals surface area contributed by atoms with Crippen LogP contribution in [-0.4, -0.2) is 36.7 Å². The lowest BCUT2D eigenvalue weighted by molar-refractivity contribution is 0.102. The van der Waals surface area contributed by atoms with Gasteiger partial charge in [-0.1, -0.05) is 6.92 Å². The van der Waals surface area contributed by atoms with E-state index in [0.29, 0.717) is 30.3 Å². The van der Waals surface area contributed by atoms with E-state index < -0.39 is 10.0 Å². The molecule has 1 amide bonds. The highest BCUT2D eigenvalue weighted by Crippen LogP contribution is 2.24. The molecule has 0 saturated carbocycles. The van der Waals surface area contributed by atoms with E-state index in [1.165, 1.54) is 18.3 Å². The molecule has 0 aliphatic carbocycles. The summed E-state index contributed by atoms with van der Waals surface area (Å²) in [4.78, 5) is 16.3. The Hall–Kier alpha value is -2.25. The van der Waals surface area contributed by atoms with Gasteiger partial charge in [0, 0.05) is 31.2 Å². The second-order valence-electron chi connectivity index (χ2n) is 6.33. The van der Waals surface area contributed by atoms with Gasteiger partial charge in [-0.3, -0.25) is 9.78 Å². The SMILES string of the molecule is CC1CCCN(S(=O)(=O)c2ccc(NC(=O)c3cccnc3)cc2)C1. The summed E-state index contributed by atoms with van der Waals surface area (Å²) in [6.07, 6.45) is 5.02. The Morgan fingerprint density at radius 1 is 1.24 bits per heavy atom. The third-order valence-corrected chi connectivity index (χ3v) is 6.17. The lowest BCUT2D eigenvalue weighted by Crippen LogP contribution is -2.39. The van der Waals surface area contributed by atoms with Gasteiger partial charge in [0.2, 0.25) is 10.0 Å². The number of nitrogens with zero attached hydrogens (tertiary/aromatic N) is 2. The molecule has 1 atom stereocenters. The molecule has 1 aliphatic heterocycles. The first-order chi connectivity index (χ1) is 12.0. The summed E-state index contributed by atoms with van der Waals surface area (Å²) in [7, 11) is -3.48. The zero-order valence-electron chi connectivity index (χ0n) is 14.1. The van der Waals surface area contributed by atoms with Crippen LogP contribution in [0, 0.1) is 5.92 Å². The molecule has 1 N–H and O–H groups in total. The van der Waals surface area contributed by atoms with Crippen molar-refractivity contribution in [3.63, 3.8) is 0 Å². The lowest BCUT2D eigenvalue weighted by Gasteiger charge is -2.30. The van der Waals surface area contributed by atoms with Gasteiger partial charge >= 0.3 is 0 Å². The highest BCUT2D eigenvalue weighted by Gasteiger charge is 2.28. The number of nitrogens with one attached hydrogen (secondary N) is 1. The molecule has 2 aromatic rings. The van der Waals surface area contributed by atoms with Crippen LogP contribution < -0.4 is 5.32 Å². The van der Waals surface area contributed by atoms with Crippen LogP contribution in [0.1, 0.15) is 30.1 Å². The van der Waals surface area contributed by atoms with Crippen molar-refractivity contribution in [3.8, 4) is 0 Å². The van der Waals surface area contributed by atoms with Crippen LogP contribution in [0.15, 0.2) is 53.7 Å². The van der Waals surface area contributed by atoms with E-state index in [0.717, 1.165) is 12.8 Å². The molecule has 6 nitrogen and oxygen atoms in total. The van der Waals surface area contributed by atoms with Gasteiger partial charge in [-0.25, -0.2) is 8.42 Å². The maximum absolute atomic E-state index is 12.7. The van der Waals surface area contributed by atoms with Crippen molar-refractivity contribution < 1.29 is 13.2 Å². The zero-order chi connectivity index (χ0) is 17.9. The molecular weight excluding hydrogens is 338 g/mol. The largest absolute Gasteiger partial charge is 0.322 e. The molecule has 1 fully saturated rings. The van der Waals surface area contributed by atoms with Crippen molar-refractivity contribution >= 4 is 21.6 Å². The van der Waals surface area contributed by atoms with Crippen molar-refractivity contribution in [1.82, 2.24) is 9.29 Å². The number of pyridine rings is 1. The van der Waals surface area contributed by atoms with Crippen molar-refractivity contribution in [2.24, 2.45) is 5.92 Å². The minimum Gasteiger partial charge on any atom is -0.322 e. The molecule has 1 aliphatic rings. The summed E-state index contributed by atoms with van der Waals surface area (Å²) in [5.41, 5.74) is 0.987. The fourth-order valence-corrected chi connectivity index (χ4v) is 4.52. The zero-order valence-corrected chi connectivity index (χ0v) is 14.9. The van der Waals surface area contributed by atoms with Gasteiger partial charge in [-0.05, 0) is 55.2 Å². The van der Waals surface area contributed by atoms with E-state index in [1.54, 1.807) is 34.8 Å². The number of rotatable bonds is 4. The third-order valence-electron chi connectivity index (χ3n) is 4.29. The second kappa shape index (κ2) is 7.33. The molecule has 25 heavy (non-hydrogen) atoms. The molecule has 7 heteroatoms. The monoisotopic (exact) mass is 359 g/mol. The summed E-state index contributed by atoms with van der Waals surface area (Å²) < 4.78 is 27.0. The lowest BCUT2D eigenvalue weighted by atomic mass is 10.0. The molecule has 0 spiro atoms. The van der Waals surface area contributed by atoms with Gasteiger partial charge in [0.25, 0.3) is 5.91 Å². The van der Waals surface area contributed by atoms with Crippen LogP contribution in [0.25, 0.3) is 0 Å². The molecule has 132 valence electrons. The highest BCUT2D eigenvalue weighted by atomic mass is 32.2. The van der Waals surface area contributed by atoms with Gasteiger partial charge in [0.1, 0.15) is 0 Å². The van der Waals surface area contributed by atoms with Crippen LogP contribution in [0.3, 0.4) is 0 Å². The van der Waals surface area contributed by atoms with Crippen LogP contribution in [0.2, 0.25) is 0 Å². The summed E-state index contributed by atoms with van der Waals surface area (Å²) in [5, 5.41) is 2.74. The predicted molar refractivity (Wildman–Crippen MR) is 95.8 cm³/mol. The van der Waals surface area contributed by atoms with E-state index in [-0.39, 0.29) is 10.8 Å². The average molecular weight is 359 g/mol. The molecular formula is C18H21N3O3S. The van der Waals surface area contributed by atoms with E-state index in [4.69, 9.17) is 0 Å². The maximum atomic E-state index is 12.7. The second-order valence-corrected chi connectivity index (χ2v) is 8.27. The first-order valence-electron chi connectivity index (χ1n) is 8.28. The number of aromatic nitrogens is 1. The Bertz CT molecular complexity index is 836. The van der Waals surface area contributed by atoms with Crippen LogP contribution in [0.4, 0.5) is 5.69 Å². The first-order valence-corrected chi connectivity index (χ1v) is 9.72. The van der Waals surface area contributed by atoms with Crippen molar-refractivity contribution in [2.75, 3.05) is 18.4 Å². The number of sulfonamides is 1. The first kappa shape index (κ1) is 17.6. The fraction of sp³-hybridized carbons (Fsp3) is 0.333. The summed E-state index contributed by atoms with van der Waals surface area (Å²) in [6.45, 7) is 3.19. The van der Waals surface area contributed by atoms with Gasteiger partial charge in [0.05, 0.1) is 10.5 Å². The van der Waals surface area contributed by atoms with E-state index in [9.17, 15) is 13.2 Å². The molecule has 3 rings (SSSR count). The Morgan fingerprint density at radius 2 is 2.00 bits per heavy atom. The third kappa shape index (κ3) is 4.05. The van der Waals surface area contributed by atoms with Gasteiger partial charge in [-0.15, -0.1) is 0 Å². The van der Waals surface area contributed by atoms with Gasteiger partial charge in [0.15, 0.2) is 0 Å². The van der Waals surface area contributed by atoms with Crippen LogP contribution >= 0.6 is 0 Å². The number of benzene rings is 1. The Morgan fingerprint density at radius 3 is 2.64 bits per heavy atom. The Balaban J connectivity index is 1.72. The van der Waals surface area contributed by atoms with E-state index in [1.807, 2.05) is 0 Å². The number of carbonyl (C=O) groups excluding carboxylic acids is 1. The number of hydrogen-bond donors (Lipinski definition) is 1. The van der Waals surface area contributed by atoms with Gasteiger partial charge in [-0.2, -0.15) is 4.31 Å². The van der Waals surface area contributed by atoms with Crippen molar-refractivity contribution in [2.45, 2.75) is 24.7 Å². The number of amides is 1. The minimum absolute atomic E-state index is 0.251. The smallest absolute Gasteiger partial charge is 0.257 e. The molecule has 0 bridgehead atoms. The molecule has 1 aromatic heterocycles.